The first-order chi connectivity index (χ1) is 6.16. The number of alkyl halides is 1. The summed E-state index contributed by atoms with van der Waals surface area (Å²) in [5.74, 6) is -0.647. The molecule has 2 aliphatic heterocycles. The summed E-state index contributed by atoms with van der Waals surface area (Å²) < 4.78 is 10.9. The zero-order chi connectivity index (χ0) is 9.47. The Bertz CT molecular complexity index is 265. The molecule has 0 aromatic carbocycles. The van der Waals surface area contributed by atoms with Gasteiger partial charge in [0.05, 0.1) is 0 Å². The number of carbonyl (C=O) groups is 2. The first-order valence-corrected chi connectivity index (χ1v) is 5.68. The minimum Gasteiger partial charge on any atom is -0.458 e. The standard InChI is InChI=1S/C8H9IO4/c9-4-5-3-8(7(11)12-5)2-1-6(10)13-8/h5H,1-4H2/t5-,8-/m0/s1. The smallest absolute Gasteiger partial charge is 0.351 e. The molecule has 2 rings (SSSR count). The van der Waals surface area contributed by atoms with Gasteiger partial charge >= 0.3 is 11.9 Å². The molecule has 0 radical (unpaired) electrons. The number of hydrogen-bond donors (Lipinski definition) is 0. The van der Waals surface area contributed by atoms with Crippen LogP contribution in [0.2, 0.25) is 0 Å². The molecule has 0 amide bonds. The minimum absolute atomic E-state index is 0.0843. The Morgan fingerprint density at radius 2 is 2.31 bits per heavy atom. The Morgan fingerprint density at radius 3 is 2.77 bits per heavy atom. The zero-order valence-corrected chi connectivity index (χ0v) is 9.07. The number of esters is 2. The first kappa shape index (κ1) is 9.23. The summed E-state index contributed by atoms with van der Waals surface area (Å²) in [7, 11) is 0. The van der Waals surface area contributed by atoms with Crippen LogP contribution in [-0.4, -0.2) is 28.1 Å². The van der Waals surface area contributed by atoms with Gasteiger partial charge in [-0.3, -0.25) is 4.79 Å². The van der Waals surface area contributed by atoms with E-state index in [-0.39, 0.29) is 18.0 Å². The fraction of sp³-hybridized carbons (Fsp3) is 0.750. The number of halogens is 1. The van der Waals surface area contributed by atoms with Crippen molar-refractivity contribution in [1.29, 1.82) is 0 Å². The molecule has 2 saturated heterocycles. The molecule has 72 valence electrons. The molecule has 0 aliphatic carbocycles. The van der Waals surface area contributed by atoms with Crippen LogP contribution in [0.25, 0.3) is 0 Å². The van der Waals surface area contributed by atoms with Crippen molar-refractivity contribution < 1.29 is 19.1 Å². The minimum atomic E-state index is -0.924. The fourth-order valence-corrected chi connectivity index (χ4v) is 2.24. The van der Waals surface area contributed by atoms with E-state index in [9.17, 15) is 9.59 Å². The Kier molecular flexibility index (Phi) is 2.21. The first-order valence-electron chi connectivity index (χ1n) is 4.15. The molecule has 2 heterocycles. The van der Waals surface area contributed by atoms with Crippen molar-refractivity contribution in [2.24, 2.45) is 0 Å². The number of carbonyl (C=O) groups excluding carboxylic acids is 2. The van der Waals surface area contributed by atoms with Gasteiger partial charge in [-0.1, -0.05) is 22.6 Å². The van der Waals surface area contributed by atoms with Gasteiger partial charge in [-0.2, -0.15) is 0 Å². The molecule has 1 spiro atoms. The van der Waals surface area contributed by atoms with E-state index in [1.165, 1.54) is 0 Å². The SMILES string of the molecule is O=C1CC[C@@]2(C[C@@H](CI)OC2=O)O1. The molecule has 5 heteroatoms. The number of cyclic esters (lactones) is 1. The van der Waals surface area contributed by atoms with Crippen LogP contribution in [0.3, 0.4) is 0 Å². The van der Waals surface area contributed by atoms with E-state index >= 15 is 0 Å². The highest BCUT2D eigenvalue weighted by atomic mass is 127. The average molecular weight is 296 g/mol. The molecule has 13 heavy (non-hydrogen) atoms. The van der Waals surface area contributed by atoms with Crippen LogP contribution < -0.4 is 0 Å². The van der Waals surface area contributed by atoms with Gasteiger partial charge in [-0.05, 0) is 0 Å². The summed E-state index contributed by atoms with van der Waals surface area (Å²) >= 11 is 2.16. The van der Waals surface area contributed by atoms with E-state index in [1.807, 2.05) is 0 Å². The van der Waals surface area contributed by atoms with Gasteiger partial charge in [0, 0.05) is 23.7 Å². The number of ether oxygens (including phenoxy) is 2. The molecule has 0 N–H and O–H groups in total. The predicted octanol–water partition coefficient (Wildman–Crippen LogP) is 0.813. The number of rotatable bonds is 1. The van der Waals surface area contributed by atoms with Gasteiger partial charge in [-0.15, -0.1) is 0 Å². The van der Waals surface area contributed by atoms with Crippen LogP contribution in [0.15, 0.2) is 0 Å². The largest absolute Gasteiger partial charge is 0.458 e. The third kappa shape index (κ3) is 1.43. The van der Waals surface area contributed by atoms with Crippen molar-refractivity contribution in [2.45, 2.75) is 31.0 Å². The maximum Gasteiger partial charge on any atom is 0.351 e. The molecular weight excluding hydrogens is 287 g/mol. The van der Waals surface area contributed by atoms with Crippen molar-refractivity contribution in [2.75, 3.05) is 4.43 Å². The Hall–Kier alpha value is -0.330. The highest BCUT2D eigenvalue weighted by Crippen LogP contribution is 2.38. The Labute approximate surface area is 89.1 Å². The second-order valence-corrected chi connectivity index (χ2v) is 4.23. The molecule has 0 bridgehead atoms. The van der Waals surface area contributed by atoms with Gasteiger partial charge in [0.15, 0.2) is 0 Å². The monoisotopic (exact) mass is 296 g/mol. The van der Waals surface area contributed by atoms with Gasteiger partial charge < -0.3 is 9.47 Å². The van der Waals surface area contributed by atoms with E-state index in [1.54, 1.807) is 0 Å². The van der Waals surface area contributed by atoms with Crippen LogP contribution in [0, 0.1) is 0 Å². The highest BCUT2D eigenvalue weighted by molar-refractivity contribution is 14.1. The molecule has 0 aromatic rings. The maximum atomic E-state index is 11.4. The average Bonchev–Trinajstić information content (AvgIpc) is 2.60. The molecule has 2 aliphatic rings. The molecular formula is C8H9IO4. The molecule has 2 fully saturated rings. The molecule has 0 aromatic heterocycles. The van der Waals surface area contributed by atoms with E-state index in [0.717, 1.165) is 4.43 Å². The molecule has 0 unspecified atom stereocenters. The second kappa shape index (κ2) is 3.11. The van der Waals surface area contributed by atoms with Gasteiger partial charge in [0.1, 0.15) is 6.10 Å². The maximum absolute atomic E-state index is 11.4. The summed E-state index contributed by atoms with van der Waals surface area (Å²) in [6, 6.07) is 0. The van der Waals surface area contributed by atoms with Crippen LogP contribution >= 0.6 is 22.6 Å². The molecule has 2 atom stereocenters. The van der Waals surface area contributed by atoms with Crippen molar-refractivity contribution >= 4 is 34.5 Å². The van der Waals surface area contributed by atoms with Crippen molar-refractivity contribution in [3.8, 4) is 0 Å². The summed E-state index contributed by atoms with van der Waals surface area (Å²) in [4.78, 5) is 22.3. The molecule has 0 saturated carbocycles. The van der Waals surface area contributed by atoms with Crippen molar-refractivity contribution in [1.82, 2.24) is 0 Å². The Morgan fingerprint density at radius 1 is 1.54 bits per heavy atom. The van der Waals surface area contributed by atoms with E-state index in [4.69, 9.17) is 9.47 Å². The van der Waals surface area contributed by atoms with E-state index in [2.05, 4.69) is 22.6 Å². The Balaban J connectivity index is 2.15. The summed E-state index contributed by atoms with van der Waals surface area (Å²) in [6.07, 6.45) is 1.26. The van der Waals surface area contributed by atoms with E-state index < -0.39 is 5.60 Å². The zero-order valence-electron chi connectivity index (χ0n) is 6.92. The van der Waals surface area contributed by atoms with Crippen LogP contribution in [0.4, 0.5) is 0 Å². The topological polar surface area (TPSA) is 52.6 Å². The lowest BCUT2D eigenvalue weighted by Crippen LogP contribution is -2.33. The molecule has 4 nitrogen and oxygen atoms in total. The van der Waals surface area contributed by atoms with Crippen LogP contribution in [-0.2, 0) is 19.1 Å². The fourth-order valence-electron chi connectivity index (χ4n) is 1.75. The van der Waals surface area contributed by atoms with Crippen molar-refractivity contribution in [3.63, 3.8) is 0 Å². The lowest BCUT2D eigenvalue weighted by molar-refractivity contribution is -0.164. The van der Waals surface area contributed by atoms with Crippen molar-refractivity contribution in [3.05, 3.63) is 0 Å². The normalized spacial score (nSPS) is 38.1. The lowest BCUT2D eigenvalue weighted by atomic mass is 9.96. The third-order valence-electron chi connectivity index (χ3n) is 2.42. The van der Waals surface area contributed by atoms with Gasteiger partial charge in [-0.25, -0.2) is 4.79 Å². The van der Waals surface area contributed by atoms with E-state index in [0.29, 0.717) is 19.3 Å². The quantitative estimate of drug-likeness (QED) is 0.408. The number of hydrogen-bond acceptors (Lipinski definition) is 4. The van der Waals surface area contributed by atoms with Gasteiger partial charge in [0.2, 0.25) is 5.60 Å². The predicted molar refractivity (Wildman–Crippen MR) is 51.4 cm³/mol. The highest BCUT2D eigenvalue weighted by Gasteiger charge is 2.55. The summed E-state index contributed by atoms with van der Waals surface area (Å²) in [5, 5.41) is 0. The lowest BCUT2D eigenvalue weighted by Gasteiger charge is -2.15. The summed E-state index contributed by atoms with van der Waals surface area (Å²) in [6.45, 7) is 0. The summed E-state index contributed by atoms with van der Waals surface area (Å²) in [5.41, 5.74) is -0.924. The third-order valence-corrected chi connectivity index (χ3v) is 3.40. The van der Waals surface area contributed by atoms with Crippen LogP contribution in [0.1, 0.15) is 19.3 Å². The van der Waals surface area contributed by atoms with Crippen LogP contribution in [0.5, 0.6) is 0 Å². The second-order valence-electron chi connectivity index (χ2n) is 3.35. The van der Waals surface area contributed by atoms with Gasteiger partial charge in [0.25, 0.3) is 0 Å².